The van der Waals surface area contributed by atoms with E-state index in [0.29, 0.717) is 12.6 Å². The molecule has 1 aliphatic heterocycles. The molecule has 6 nitrogen and oxygen atoms in total. The maximum atomic E-state index is 10.5. The first-order chi connectivity index (χ1) is 8.16. The van der Waals surface area contributed by atoms with E-state index in [2.05, 4.69) is 5.10 Å². The van der Waals surface area contributed by atoms with E-state index in [1.165, 1.54) is 10.9 Å². The zero-order chi connectivity index (χ0) is 12.3. The quantitative estimate of drug-likeness (QED) is 0.601. The molecule has 94 valence electrons. The zero-order valence-corrected chi connectivity index (χ0v) is 10.1. The smallest absolute Gasteiger partial charge is 0.378 e. The standard InChI is InChI=1S/C10H14ClN3O3/c11-9-7-13(12-10(9)14(15)16)5-1-3-8-4-2-6-17-8/h7-8H,1-6H2. The summed E-state index contributed by atoms with van der Waals surface area (Å²) in [6, 6.07) is 0. The van der Waals surface area contributed by atoms with E-state index in [-0.39, 0.29) is 10.8 Å². The second kappa shape index (κ2) is 5.46. The second-order valence-corrected chi connectivity index (χ2v) is 4.51. The van der Waals surface area contributed by atoms with Crippen LogP contribution in [0, 0.1) is 10.1 Å². The Morgan fingerprint density at radius 1 is 1.71 bits per heavy atom. The molecule has 0 bridgehead atoms. The van der Waals surface area contributed by atoms with Crippen LogP contribution in [0.15, 0.2) is 6.20 Å². The largest absolute Gasteiger partial charge is 0.408 e. The van der Waals surface area contributed by atoms with Gasteiger partial charge in [-0.05, 0) is 30.6 Å². The van der Waals surface area contributed by atoms with Gasteiger partial charge in [0, 0.05) is 6.61 Å². The normalized spacial score (nSPS) is 19.7. The van der Waals surface area contributed by atoms with Gasteiger partial charge in [-0.15, -0.1) is 0 Å². The van der Waals surface area contributed by atoms with Crippen molar-refractivity contribution in [3.8, 4) is 0 Å². The van der Waals surface area contributed by atoms with E-state index in [0.717, 1.165) is 32.3 Å². The van der Waals surface area contributed by atoms with Crippen LogP contribution in [0.5, 0.6) is 0 Å². The summed E-state index contributed by atoms with van der Waals surface area (Å²) in [7, 11) is 0. The number of aromatic nitrogens is 2. The minimum atomic E-state index is -0.571. The Morgan fingerprint density at radius 3 is 3.12 bits per heavy atom. The number of ether oxygens (including phenoxy) is 1. The fraction of sp³-hybridized carbons (Fsp3) is 0.700. The van der Waals surface area contributed by atoms with Crippen molar-refractivity contribution in [3.63, 3.8) is 0 Å². The van der Waals surface area contributed by atoms with E-state index < -0.39 is 4.92 Å². The lowest BCUT2D eigenvalue weighted by atomic mass is 10.1. The summed E-state index contributed by atoms with van der Waals surface area (Å²) in [5.74, 6) is -0.274. The molecule has 7 heteroatoms. The average Bonchev–Trinajstić information content (AvgIpc) is 2.88. The maximum absolute atomic E-state index is 10.5. The Balaban J connectivity index is 1.82. The molecule has 1 aliphatic rings. The van der Waals surface area contributed by atoms with Crippen LogP contribution in [0.25, 0.3) is 0 Å². The van der Waals surface area contributed by atoms with Gasteiger partial charge in [0.2, 0.25) is 0 Å². The molecule has 0 aliphatic carbocycles. The van der Waals surface area contributed by atoms with Gasteiger partial charge in [0.15, 0.2) is 5.02 Å². The van der Waals surface area contributed by atoms with Gasteiger partial charge < -0.3 is 14.9 Å². The minimum absolute atomic E-state index is 0.0899. The number of nitro groups is 1. The second-order valence-electron chi connectivity index (χ2n) is 4.10. The van der Waals surface area contributed by atoms with Crippen LogP contribution >= 0.6 is 11.6 Å². The maximum Gasteiger partial charge on any atom is 0.408 e. The zero-order valence-electron chi connectivity index (χ0n) is 9.34. The van der Waals surface area contributed by atoms with Crippen LogP contribution in [-0.2, 0) is 11.3 Å². The fourth-order valence-corrected chi connectivity index (χ4v) is 2.20. The van der Waals surface area contributed by atoms with Gasteiger partial charge in [-0.1, -0.05) is 11.6 Å². The Morgan fingerprint density at radius 2 is 2.53 bits per heavy atom. The predicted octanol–water partition coefficient (Wildman–Crippen LogP) is 2.40. The Bertz CT molecular complexity index is 402. The molecule has 0 N–H and O–H groups in total. The molecule has 0 aromatic carbocycles. The van der Waals surface area contributed by atoms with Crippen LogP contribution in [0.4, 0.5) is 5.82 Å². The van der Waals surface area contributed by atoms with Crippen LogP contribution in [-0.4, -0.2) is 27.4 Å². The number of aryl methyl sites for hydroxylation is 1. The summed E-state index contributed by atoms with van der Waals surface area (Å²) >= 11 is 5.70. The van der Waals surface area contributed by atoms with Gasteiger partial charge in [-0.2, -0.15) is 4.68 Å². The first-order valence-corrected chi connectivity index (χ1v) is 6.03. The molecule has 1 fully saturated rings. The van der Waals surface area contributed by atoms with Crippen molar-refractivity contribution in [2.24, 2.45) is 0 Å². The summed E-state index contributed by atoms with van der Waals surface area (Å²) in [6.07, 6.45) is 5.93. The molecule has 0 amide bonds. The first kappa shape index (κ1) is 12.3. The van der Waals surface area contributed by atoms with Crippen molar-refractivity contribution in [2.45, 2.75) is 38.3 Å². The Kier molecular flexibility index (Phi) is 3.96. The molecule has 2 heterocycles. The Hall–Kier alpha value is -1.14. The van der Waals surface area contributed by atoms with Crippen molar-refractivity contribution in [2.75, 3.05) is 6.61 Å². The summed E-state index contributed by atoms with van der Waals surface area (Å²) in [4.78, 5) is 9.97. The van der Waals surface area contributed by atoms with Crippen molar-refractivity contribution in [1.82, 2.24) is 9.78 Å². The highest BCUT2D eigenvalue weighted by Gasteiger charge is 2.19. The van der Waals surface area contributed by atoms with E-state index >= 15 is 0 Å². The number of nitrogens with zero attached hydrogens (tertiary/aromatic N) is 3. The number of rotatable bonds is 5. The highest BCUT2D eigenvalue weighted by Crippen LogP contribution is 2.22. The van der Waals surface area contributed by atoms with Crippen LogP contribution in [0.3, 0.4) is 0 Å². The van der Waals surface area contributed by atoms with Gasteiger partial charge in [0.1, 0.15) is 0 Å². The number of halogens is 1. The highest BCUT2D eigenvalue weighted by molar-refractivity contribution is 6.32. The van der Waals surface area contributed by atoms with Crippen molar-refractivity contribution >= 4 is 17.4 Å². The minimum Gasteiger partial charge on any atom is -0.378 e. The van der Waals surface area contributed by atoms with E-state index in [9.17, 15) is 10.1 Å². The summed E-state index contributed by atoms with van der Waals surface area (Å²) in [5, 5.41) is 14.5. The summed E-state index contributed by atoms with van der Waals surface area (Å²) in [5.41, 5.74) is 0. The van der Waals surface area contributed by atoms with E-state index in [4.69, 9.17) is 16.3 Å². The highest BCUT2D eigenvalue weighted by atomic mass is 35.5. The molecule has 1 saturated heterocycles. The number of hydrogen-bond donors (Lipinski definition) is 0. The molecule has 1 aromatic rings. The third-order valence-electron chi connectivity index (χ3n) is 2.81. The first-order valence-electron chi connectivity index (χ1n) is 5.66. The van der Waals surface area contributed by atoms with E-state index in [1.54, 1.807) is 0 Å². The van der Waals surface area contributed by atoms with Crippen LogP contribution < -0.4 is 0 Å². The topological polar surface area (TPSA) is 70.2 Å². The SMILES string of the molecule is O=[N+]([O-])c1nn(CCCC2CCCO2)cc1Cl. The van der Waals surface area contributed by atoms with Crippen molar-refractivity contribution in [1.29, 1.82) is 0 Å². The molecular weight excluding hydrogens is 246 g/mol. The molecule has 0 saturated carbocycles. The van der Waals surface area contributed by atoms with Crippen molar-refractivity contribution in [3.05, 3.63) is 21.3 Å². The molecule has 17 heavy (non-hydrogen) atoms. The molecule has 1 atom stereocenters. The van der Waals surface area contributed by atoms with E-state index in [1.807, 2.05) is 0 Å². The monoisotopic (exact) mass is 259 g/mol. The lowest BCUT2D eigenvalue weighted by Crippen LogP contribution is -2.07. The lowest BCUT2D eigenvalue weighted by Gasteiger charge is -2.07. The molecular formula is C10H14ClN3O3. The summed E-state index contributed by atoms with van der Waals surface area (Å²) < 4.78 is 7.02. The predicted molar refractivity (Wildman–Crippen MR) is 62.1 cm³/mol. The van der Waals surface area contributed by atoms with Crippen LogP contribution in [0.1, 0.15) is 25.7 Å². The molecule has 1 unspecified atom stereocenters. The van der Waals surface area contributed by atoms with Gasteiger partial charge in [-0.25, -0.2) is 0 Å². The van der Waals surface area contributed by atoms with Gasteiger partial charge >= 0.3 is 5.82 Å². The average molecular weight is 260 g/mol. The molecule has 2 rings (SSSR count). The number of hydrogen-bond acceptors (Lipinski definition) is 4. The molecule has 1 aromatic heterocycles. The third-order valence-corrected chi connectivity index (χ3v) is 3.08. The third kappa shape index (κ3) is 3.17. The van der Waals surface area contributed by atoms with Gasteiger partial charge in [0.25, 0.3) is 0 Å². The van der Waals surface area contributed by atoms with Crippen molar-refractivity contribution < 1.29 is 9.66 Å². The molecule has 0 spiro atoms. The van der Waals surface area contributed by atoms with Gasteiger partial charge in [-0.3, -0.25) is 0 Å². The molecule has 0 radical (unpaired) electrons. The summed E-state index contributed by atoms with van der Waals surface area (Å²) in [6.45, 7) is 1.48. The lowest BCUT2D eigenvalue weighted by molar-refractivity contribution is -0.389. The Labute approximate surface area is 104 Å². The van der Waals surface area contributed by atoms with Gasteiger partial charge in [0.05, 0.1) is 23.9 Å². The fourth-order valence-electron chi connectivity index (χ4n) is 1.98. The van der Waals surface area contributed by atoms with Crippen LogP contribution in [0.2, 0.25) is 5.02 Å².